The van der Waals surface area contributed by atoms with E-state index < -0.39 is 21.7 Å². The molecule has 2 aromatic carbocycles. The van der Waals surface area contributed by atoms with Crippen LogP contribution in [0, 0.1) is 11.6 Å². The van der Waals surface area contributed by atoms with Crippen LogP contribution in [0.5, 0.6) is 0 Å². The fourth-order valence-electron chi connectivity index (χ4n) is 3.59. The molecule has 28 heavy (non-hydrogen) atoms. The number of nitrogens with two attached hydrogens (primary N) is 1. The van der Waals surface area contributed by atoms with E-state index in [9.17, 15) is 17.2 Å². The van der Waals surface area contributed by atoms with E-state index in [1.807, 2.05) is 9.80 Å². The Labute approximate surface area is 161 Å². The molecule has 0 bridgehead atoms. The van der Waals surface area contributed by atoms with Gasteiger partial charge in [0, 0.05) is 49.5 Å². The number of benzene rings is 2. The number of primary sulfonamides is 1. The van der Waals surface area contributed by atoms with Gasteiger partial charge in [0.1, 0.15) is 16.2 Å². The summed E-state index contributed by atoms with van der Waals surface area (Å²) in [5.74, 6) is -1.35. The topological polar surface area (TPSA) is 79.5 Å². The predicted molar refractivity (Wildman–Crippen MR) is 104 cm³/mol. The van der Waals surface area contributed by atoms with Crippen LogP contribution in [0.15, 0.2) is 53.6 Å². The van der Waals surface area contributed by atoms with Crippen molar-refractivity contribution in [2.75, 3.05) is 36.0 Å². The van der Waals surface area contributed by atoms with Gasteiger partial charge in [0.05, 0.1) is 5.69 Å². The normalized spacial score (nSPS) is 15.2. The van der Waals surface area contributed by atoms with Crippen molar-refractivity contribution < 1.29 is 17.2 Å². The number of rotatable bonds is 3. The van der Waals surface area contributed by atoms with Crippen LogP contribution in [0.25, 0.3) is 10.9 Å². The summed E-state index contributed by atoms with van der Waals surface area (Å²) < 4.78 is 51.5. The summed E-state index contributed by atoms with van der Waals surface area (Å²) in [6.45, 7) is 2.18. The average molecular weight is 404 g/mol. The lowest BCUT2D eigenvalue weighted by Crippen LogP contribution is -2.47. The smallest absolute Gasteiger partial charge is 0.240 e. The molecule has 9 heteroatoms. The molecule has 4 rings (SSSR count). The Balaban J connectivity index is 1.62. The Kier molecular flexibility index (Phi) is 4.64. The summed E-state index contributed by atoms with van der Waals surface area (Å²) in [6, 6.07) is 10.4. The molecule has 0 saturated carbocycles. The fourth-order valence-corrected chi connectivity index (χ4v) is 4.34. The van der Waals surface area contributed by atoms with Gasteiger partial charge in [0.15, 0.2) is 5.82 Å². The number of nitrogens with zero attached hydrogens (tertiary/aromatic N) is 3. The van der Waals surface area contributed by atoms with E-state index >= 15 is 0 Å². The molecule has 1 saturated heterocycles. The molecular weight excluding hydrogens is 386 g/mol. The number of para-hydroxylation sites is 1. The Hall–Kier alpha value is -2.78. The van der Waals surface area contributed by atoms with Crippen LogP contribution in [0.2, 0.25) is 0 Å². The van der Waals surface area contributed by atoms with E-state index in [1.54, 1.807) is 24.3 Å². The van der Waals surface area contributed by atoms with Crippen LogP contribution in [0.1, 0.15) is 0 Å². The lowest BCUT2D eigenvalue weighted by Gasteiger charge is -2.38. The fraction of sp³-hybridized carbons (Fsp3) is 0.211. The molecule has 2 heterocycles. The molecule has 1 aromatic heterocycles. The quantitative estimate of drug-likeness (QED) is 0.726. The van der Waals surface area contributed by atoms with E-state index in [-0.39, 0.29) is 10.4 Å². The van der Waals surface area contributed by atoms with E-state index in [4.69, 9.17) is 5.14 Å². The van der Waals surface area contributed by atoms with Crippen molar-refractivity contribution in [1.82, 2.24) is 4.98 Å². The van der Waals surface area contributed by atoms with Crippen molar-refractivity contribution in [1.29, 1.82) is 0 Å². The minimum atomic E-state index is -3.83. The first-order valence-corrected chi connectivity index (χ1v) is 10.2. The number of halogens is 2. The van der Waals surface area contributed by atoms with Gasteiger partial charge in [-0.1, -0.05) is 12.1 Å². The molecule has 146 valence electrons. The minimum absolute atomic E-state index is 0.0851. The summed E-state index contributed by atoms with van der Waals surface area (Å²) in [5.41, 5.74) is 1.38. The van der Waals surface area contributed by atoms with Crippen LogP contribution in [0.4, 0.5) is 20.2 Å². The molecule has 0 atom stereocenters. The Morgan fingerprint density at radius 3 is 2.25 bits per heavy atom. The molecule has 0 amide bonds. The van der Waals surface area contributed by atoms with Gasteiger partial charge in [0.25, 0.3) is 0 Å². The minimum Gasteiger partial charge on any atom is -0.367 e. The van der Waals surface area contributed by atoms with E-state index in [0.29, 0.717) is 42.9 Å². The highest BCUT2D eigenvalue weighted by atomic mass is 32.2. The first-order chi connectivity index (χ1) is 13.3. The molecule has 0 radical (unpaired) electrons. The number of hydrogen-bond acceptors (Lipinski definition) is 5. The average Bonchev–Trinajstić information content (AvgIpc) is 2.67. The number of aromatic nitrogens is 1. The van der Waals surface area contributed by atoms with Crippen molar-refractivity contribution in [3.05, 3.63) is 60.3 Å². The van der Waals surface area contributed by atoms with Gasteiger partial charge < -0.3 is 9.80 Å². The summed E-state index contributed by atoms with van der Waals surface area (Å²) in [7, 11) is -3.83. The number of piperazine rings is 1. The molecule has 0 spiro atoms. The van der Waals surface area contributed by atoms with Crippen LogP contribution >= 0.6 is 0 Å². The molecule has 1 aliphatic heterocycles. The van der Waals surface area contributed by atoms with E-state index in [1.165, 1.54) is 18.3 Å². The van der Waals surface area contributed by atoms with Crippen molar-refractivity contribution in [2.24, 2.45) is 5.14 Å². The number of sulfonamides is 1. The standard InChI is InChI=1S/C19H18F2N4O2S/c20-13-11-14-16(5-6-23-19(14)15(21)12-13)24-7-9-25(10-8-24)17-3-1-2-4-18(17)28(22,26)27/h1-6,11-12H,7-10H2,(H2,22,26,27). The second-order valence-corrected chi connectivity index (χ2v) is 8.13. The van der Waals surface area contributed by atoms with Gasteiger partial charge in [-0.2, -0.15) is 0 Å². The van der Waals surface area contributed by atoms with Crippen LogP contribution in [0.3, 0.4) is 0 Å². The summed E-state index contributed by atoms with van der Waals surface area (Å²) in [4.78, 5) is 8.06. The lowest BCUT2D eigenvalue weighted by molar-refractivity contribution is 0.590. The highest BCUT2D eigenvalue weighted by Crippen LogP contribution is 2.30. The molecule has 1 aliphatic rings. The zero-order chi connectivity index (χ0) is 19.9. The molecular formula is C19H18F2N4O2S. The monoisotopic (exact) mass is 404 g/mol. The van der Waals surface area contributed by atoms with Crippen molar-refractivity contribution in [3.63, 3.8) is 0 Å². The zero-order valence-corrected chi connectivity index (χ0v) is 15.7. The third kappa shape index (κ3) is 3.38. The molecule has 6 nitrogen and oxygen atoms in total. The van der Waals surface area contributed by atoms with Crippen LogP contribution in [-0.2, 0) is 10.0 Å². The number of hydrogen-bond donors (Lipinski definition) is 1. The summed E-state index contributed by atoms with van der Waals surface area (Å²) >= 11 is 0. The molecule has 2 N–H and O–H groups in total. The van der Waals surface area contributed by atoms with Gasteiger partial charge in [-0.15, -0.1) is 0 Å². The first kappa shape index (κ1) is 18.6. The third-order valence-corrected chi connectivity index (χ3v) is 5.83. The predicted octanol–water partition coefficient (Wildman–Crippen LogP) is 2.49. The maximum absolute atomic E-state index is 14.0. The third-order valence-electron chi connectivity index (χ3n) is 4.87. The summed E-state index contributed by atoms with van der Waals surface area (Å²) in [6.07, 6.45) is 1.50. The maximum Gasteiger partial charge on any atom is 0.240 e. The van der Waals surface area contributed by atoms with E-state index in [0.717, 1.165) is 6.07 Å². The van der Waals surface area contributed by atoms with Crippen molar-refractivity contribution >= 4 is 32.3 Å². The van der Waals surface area contributed by atoms with Gasteiger partial charge in [0.2, 0.25) is 10.0 Å². The van der Waals surface area contributed by atoms with Gasteiger partial charge in [-0.25, -0.2) is 22.3 Å². The van der Waals surface area contributed by atoms with E-state index in [2.05, 4.69) is 4.98 Å². The number of pyridine rings is 1. The summed E-state index contributed by atoms with van der Waals surface area (Å²) in [5, 5.41) is 5.75. The molecule has 1 fully saturated rings. The second kappa shape index (κ2) is 6.99. The zero-order valence-electron chi connectivity index (χ0n) is 14.8. The molecule has 0 aliphatic carbocycles. The highest BCUT2D eigenvalue weighted by Gasteiger charge is 2.24. The number of anilines is 2. The molecule has 0 unspecified atom stereocenters. The first-order valence-electron chi connectivity index (χ1n) is 8.70. The molecule has 3 aromatic rings. The SMILES string of the molecule is NS(=O)(=O)c1ccccc1N1CCN(c2ccnc3c(F)cc(F)cc23)CC1. The Bertz CT molecular complexity index is 1150. The van der Waals surface area contributed by atoms with Gasteiger partial charge >= 0.3 is 0 Å². The van der Waals surface area contributed by atoms with Gasteiger partial charge in [-0.3, -0.25) is 4.98 Å². The van der Waals surface area contributed by atoms with Crippen LogP contribution in [-0.4, -0.2) is 39.6 Å². The van der Waals surface area contributed by atoms with Crippen molar-refractivity contribution in [3.8, 4) is 0 Å². The second-order valence-electron chi connectivity index (χ2n) is 6.60. The Morgan fingerprint density at radius 2 is 1.57 bits per heavy atom. The lowest BCUT2D eigenvalue weighted by atomic mass is 10.1. The van der Waals surface area contributed by atoms with Crippen LogP contribution < -0.4 is 14.9 Å². The van der Waals surface area contributed by atoms with Gasteiger partial charge in [-0.05, 0) is 24.3 Å². The van der Waals surface area contributed by atoms with Crippen molar-refractivity contribution in [2.45, 2.75) is 4.90 Å². The largest absolute Gasteiger partial charge is 0.367 e. The maximum atomic E-state index is 14.0. The highest BCUT2D eigenvalue weighted by molar-refractivity contribution is 7.89. The Morgan fingerprint density at radius 1 is 0.929 bits per heavy atom. The number of fused-ring (bicyclic) bond motifs is 1.